The quantitative estimate of drug-likeness (QED) is 0.636. The van der Waals surface area contributed by atoms with Crippen molar-refractivity contribution in [1.82, 2.24) is 14.1 Å². The smallest absolute Gasteiger partial charge is 0.284 e. The predicted molar refractivity (Wildman–Crippen MR) is 56.1 cm³/mol. The lowest BCUT2D eigenvalue weighted by molar-refractivity contribution is 0.347. The Morgan fingerprint density at radius 3 is 2.21 bits per heavy atom. The van der Waals surface area contributed by atoms with Crippen LogP contribution >= 0.6 is 12.2 Å². The molecular formula is C8H13N3O2S. The molecule has 1 heterocycles. The molecule has 5 nitrogen and oxygen atoms in total. The summed E-state index contributed by atoms with van der Waals surface area (Å²) in [7, 11) is 1.53. The average molecular weight is 215 g/mol. The van der Waals surface area contributed by atoms with Gasteiger partial charge in [0.2, 0.25) is 0 Å². The summed E-state index contributed by atoms with van der Waals surface area (Å²) in [6.07, 6.45) is 0. The highest BCUT2D eigenvalue weighted by Crippen LogP contribution is 2.06. The van der Waals surface area contributed by atoms with Crippen LogP contribution in [0.2, 0.25) is 0 Å². The summed E-state index contributed by atoms with van der Waals surface area (Å²) in [5.41, 5.74) is -1.41. The first kappa shape index (κ1) is 10.9. The van der Waals surface area contributed by atoms with Crippen LogP contribution in [0.3, 0.4) is 0 Å². The van der Waals surface area contributed by atoms with Crippen LogP contribution in [0, 0.1) is 4.77 Å². The molecule has 0 fully saturated rings. The molecule has 0 atom stereocenters. The molecule has 0 saturated heterocycles. The predicted octanol–water partition coefficient (Wildman–Crippen LogP) is 0.360. The van der Waals surface area contributed by atoms with Crippen LogP contribution in [-0.2, 0) is 12.6 Å². The molecule has 1 aromatic rings. The van der Waals surface area contributed by atoms with Crippen molar-refractivity contribution >= 4 is 12.2 Å². The number of H-pyrrole nitrogens is 1. The zero-order valence-electron chi connectivity index (χ0n) is 8.62. The van der Waals surface area contributed by atoms with Gasteiger partial charge in [0.15, 0.2) is 4.77 Å². The molecule has 0 radical (unpaired) electrons. The van der Waals surface area contributed by atoms with E-state index < -0.39 is 16.9 Å². The first-order chi connectivity index (χ1) is 6.25. The largest absolute Gasteiger partial charge is 0.334 e. The molecule has 0 amide bonds. The molecule has 0 unspecified atom stereocenters. The van der Waals surface area contributed by atoms with E-state index in [4.69, 9.17) is 12.2 Å². The van der Waals surface area contributed by atoms with Gasteiger partial charge in [0, 0.05) is 12.6 Å². The molecule has 1 N–H and O–H groups in total. The average Bonchev–Trinajstić information content (AvgIpc) is 1.97. The van der Waals surface area contributed by atoms with E-state index >= 15 is 0 Å². The zero-order chi connectivity index (χ0) is 11.1. The Morgan fingerprint density at radius 2 is 1.79 bits per heavy atom. The molecule has 14 heavy (non-hydrogen) atoms. The molecule has 0 aliphatic heterocycles. The van der Waals surface area contributed by atoms with Gasteiger partial charge in [-0.05, 0) is 33.0 Å². The first-order valence-electron chi connectivity index (χ1n) is 4.18. The van der Waals surface area contributed by atoms with E-state index in [0.717, 1.165) is 4.57 Å². The van der Waals surface area contributed by atoms with Gasteiger partial charge in [-0.15, -0.1) is 0 Å². The molecular weight excluding hydrogens is 202 g/mol. The van der Waals surface area contributed by atoms with Crippen molar-refractivity contribution in [2.45, 2.75) is 26.3 Å². The highest BCUT2D eigenvalue weighted by atomic mass is 32.1. The normalized spacial score (nSPS) is 11.7. The Kier molecular flexibility index (Phi) is 2.49. The number of hydrogen-bond acceptors (Lipinski definition) is 3. The minimum atomic E-state index is -0.550. The molecule has 6 heteroatoms. The van der Waals surface area contributed by atoms with Gasteiger partial charge in [0.1, 0.15) is 0 Å². The zero-order valence-corrected chi connectivity index (χ0v) is 9.44. The summed E-state index contributed by atoms with van der Waals surface area (Å²) >= 11 is 4.80. The monoisotopic (exact) mass is 215 g/mol. The van der Waals surface area contributed by atoms with E-state index in [1.807, 2.05) is 0 Å². The van der Waals surface area contributed by atoms with E-state index in [0.29, 0.717) is 0 Å². The van der Waals surface area contributed by atoms with Gasteiger partial charge >= 0.3 is 11.4 Å². The number of nitrogens with one attached hydrogen (secondary N) is 1. The summed E-state index contributed by atoms with van der Waals surface area (Å²) in [5.74, 6) is 0. The molecule has 0 aliphatic carbocycles. The SMILES string of the molecule is Cn1c(=S)[nH]c(=O)n(C(C)(C)C)c1=O. The minimum Gasteiger partial charge on any atom is -0.284 e. The third kappa shape index (κ3) is 1.70. The fraction of sp³-hybridized carbons (Fsp3) is 0.625. The van der Waals surface area contributed by atoms with E-state index in [2.05, 4.69) is 4.98 Å². The fourth-order valence-corrected chi connectivity index (χ4v) is 1.31. The van der Waals surface area contributed by atoms with Crippen molar-refractivity contribution < 1.29 is 0 Å². The molecule has 1 aromatic heterocycles. The topological polar surface area (TPSA) is 59.8 Å². The van der Waals surface area contributed by atoms with Gasteiger partial charge < -0.3 is 0 Å². The highest BCUT2D eigenvalue weighted by Gasteiger charge is 2.18. The van der Waals surface area contributed by atoms with Crippen molar-refractivity contribution in [3.05, 3.63) is 25.7 Å². The Bertz CT molecular complexity index is 515. The molecule has 0 aromatic carbocycles. The molecule has 78 valence electrons. The summed E-state index contributed by atoms with van der Waals surface area (Å²) in [6, 6.07) is 0. The van der Waals surface area contributed by atoms with Crippen molar-refractivity contribution in [2.75, 3.05) is 0 Å². The number of hydrogen-bond donors (Lipinski definition) is 1. The Balaban J connectivity index is 3.80. The maximum atomic E-state index is 11.7. The third-order valence-electron chi connectivity index (χ3n) is 1.87. The maximum absolute atomic E-state index is 11.7. The summed E-state index contributed by atoms with van der Waals surface area (Å²) in [6.45, 7) is 5.35. The van der Waals surface area contributed by atoms with Gasteiger partial charge in [0.25, 0.3) is 0 Å². The molecule has 0 spiro atoms. The summed E-state index contributed by atoms with van der Waals surface area (Å²) in [4.78, 5) is 25.6. The van der Waals surface area contributed by atoms with Crippen LogP contribution in [0.1, 0.15) is 20.8 Å². The van der Waals surface area contributed by atoms with Crippen LogP contribution in [0.4, 0.5) is 0 Å². The molecule has 0 saturated carbocycles. The molecule has 0 bridgehead atoms. The van der Waals surface area contributed by atoms with E-state index in [9.17, 15) is 9.59 Å². The number of aromatic nitrogens is 3. The second kappa shape index (κ2) is 3.20. The fourth-order valence-electron chi connectivity index (χ4n) is 1.15. The highest BCUT2D eigenvalue weighted by molar-refractivity contribution is 7.71. The standard InChI is InChI=1S/C8H13N3O2S/c1-8(2,3)11-5(12)9-6(14)10(4)7(11)13/h1-4H3,(H,9,12,14). The minimum absolute atomic E-state index is 0.139. The lowest BCUT2D eigenvalue weighted by atomic mass is 10.1. The van der Waals surface area contributed by atoms with Gasteiger partial charge in [-0.25, -0.2) is 14.2 Å². The number of nitrogens with zero attached hydrogens (tertiary/aromatic N) is 2. The Labute approximate surface area is 86.0 Å². The lowest BCUT2D eigenvalue weighted by Crippen LogP contribution is -2.48. The van der Waals surface area contributed by atoms with Gasteiger partial charge in [0.05, 0.1) is 0 Å². The summed E-state index contributed by atoms with van der Waals surface area (Å²) < 4.78 is 2.52. The van der Waals surface area contributed by atoms with Gasteiger partial charge in [-0.2, -0.15) is 0 Å². The van der Waals surface area contributed by atoms with Crippen LogP contribution < -0.4 is 11.4 Å². The van der Waals surface area contributed by atoms with Gasteiger partial charge in [-0.3, -0.25) is 9.55 Å². The van der Waals surface area contributed by atoms with Crippen LogP contribution in [0.15, 0.2) is 9.59 Å². The van der Waals surface area contributed by atoms with Crippen molar-refractivity contribution in [1.29, 1.82) is 0 Å². The first-order valence-corrected chi connectivity index (χ1v) is 4.59. The van der Waals surface area contributed by atoms with E-state index in [1.54, 1.807) is 20.8 Å². The number of aromatic amines is 1. The second-order valence-corrected chi connectivity index (χ2v) is 4.47. The van der Waals surface area contributed by atoms with E-state index in [-0.39, 0.29) is 4.77 Å². The third-order valence-corrected chi connectivity index (χ3v) is 2.25. The van der Waals surface area contributed by atoms with E-state index in [1.165, 1.54) is 11.6 Å². The van der Waals surface area contributed by atoms with Crippen molar-refractivity contribution in [3.63, 3.8) is 0 Å². The summed E-state index contributed by atoms with van der Waals surface area (Å²) in [5, 5.41) is 0. The Hall–Kier alpha value is -1.17. The van der Waals surface area contributed by atoms with Crippen LogP contribution in [0.5, 0.6) is 0 Å². The molecule has 0 aliphatic rings. The lowest BCUT2D eigenvalue weighted by Gasteiger charge is -2.20. The molecule has 1 rings (SSSR count). The van der Waals surface area contributed by atoms with Crippen molar-refractivity contribution in [3.8, 4) is 0 Å². The van der Waals surface area contributed by atoms with Crippen molar-refractivity contribution in [2.24, 2.45) is 7.05 Å². The second-order valence-electron chi connectivity index (χ2n) is 4.08. The Morgan fingerprint density at radius 1 is 1.29 bits per heavy atom. The van der Waals surface area contributed by atoms with Gasteiger partial charge in [-0.1, -0.05) is 0 Å². The maximum Gasteiger partial charge on any atom is 0.334 e. The van der Waals surface area contributed by atoms with Crippen LogP contribution in [-0.4, -0.2) is 14.1 Å². The van der Waals surface area contributed by atoms with Crippen LogP contribution in [0.25, 0.3) is 0 Å². The number of rotatable bonds is 0.